The third-order valence-electron chi connectivity index (χ3n) is 14.5. The summed E-state index contributed by atoms with van der Waals surface area (Å²) in [5, 5.41) is 5.04. The summed E-state index contributed by atoms with van der Waals surface area (Å²) < 4.78 is 4.82. The Bertz CT molecular complexity index is 3670. The molecule has 2 nitrogen and oxygen atoms in total. The summed E-state index contributed by atoms with van der Waals surface area (Å²) in [5.41, 5.74) is 23.2. The Morgan fingerprint density at radius 1 is 0.290 bits per heavy atom. The van der Waals surface area contributed by atoms with E-state index < -0.39 is 0 Å². The molecule has 294 valence electrons. The molecule has 0 saturated carbocycles. The van der Waals surface area contributed by atoms with Gasteiger partial charge in [0, 0.05) is 43.7 Å². The van der Waals surface area contributed by atoms with Crippen molar-refractivity contribution in [2.24, 2.45) is 0 Å². The van der Waals surface area contributed by atoms with E-state index in [0.29, 0.717) is 0 Å². The number of hydrogen-bond acceptors (Lipinski definition) is 0. The van der Waals surface area contributed by atoms with Crippen molar-refractivity contribution in [1.82, 2.24) is 9.13 Å². The molecule has 0 bridgehead atoms. The van der Waals surface area contributed by atoms with Gasteiger partial charge in [-0.1, -0.05) is 149 Å². The van der Waals surface area contributed by atoms with Crippen LogP contribution in [0.1, 0.15) is 49.9 Å². The van der Waals surface area contributed by atoms with Crippen molar-refractivity contribution in [3.63, 3.8) is 0 Å². The third-order valence-corrected chi connectivity index (χ3v) is 14.5. The highest BCUT2D eigenvalue weighted by molar-refractivity contribution is 6.13. The van der Waals surface area contributed by atoms with Gasteiger partial charge in [-0.3, -0.25) is 0 Å². The summed E-state index contributed by atoms with van der Waals surface area (Å²) in [6.45, 7) is 9.58. The van der Waals surface area contributed by atoms with E-state index in [0.717, 1.165) is 5.69 Å². The average Bonchev–Trinajstić information content (AvgIpc) is 3.97. The van der Waals surface area contributed by atoms with Crippen LogP contribution in [-0.4, -0.2) is 9.13 Å². The van der Waals surface area contributed by atoms with Gasteiger partial charge in [-0.2, -0.15) is 0 Å². The highest BCUT2D eigenvalue weighted by atomic mass is 15.0. The van der Waals surface area contributed by atoms with Crippen molar-refractivity contribution in [3.8, 4) is 55.9 Å². The lowest BCUT2D eigenvalue weighted by Gasteiger charge is -2.24. The molecule has 9 aromatic carbocycles. The molecule has 0 N–H and O–H groups in total. The van der Waals surface area contributed by atoms with E-state index in [9.17, 15) is 0 Å². The largest absolute Gasteiger partial charge is 0.309 e. The maximum Gasteiger partial charge on any atom is 0.0541 e. The average molecular weight is 793 g/mol. The first-order valence-corrected chi connectivity index (χ1v) is 21.9. The summed E-state index contributed by atoms with van der Waals surface area (Å²) in [4.78, 5) is 0. The van der Waals surface area contributed by atoms with E-state index in [-0.39, 0.29) is 10.8 Å². The third kappa shape index (κ3) is 4.75. The van der Waals surface area contributed by atoms with E-state index >= 15 is 0 Å². The molecule has 0 unspecified atom stereocenters. The van der Waals surface area contributed by atoms with E-state index in [4.69, 9.17) is 0 Å². The van der Waals surface area contributed by atoms with Crippen molar-refractivity contribution in [1.29, 1.82) is 0 Å². The smallest absolute Gasteiger partial charge is 0.0541 e. The van der Waals surface area contributed by atoms with Crippen LogP contribution in [0.3, 0.4) is 0 Å². The number of hydrogen-bond donors (Lipinski definition) is 0. The van der Waals surface area contributed by atoms with Gasteiger partial charge in [0.05, 0.1) is 22.1 Å². The molecule has 0 saturated heterocycles. The van der Waals surface area contributed by atoms with Crippen LogP contribution >= 0.6 is 0 Å². The van der Waals surface area contributed by atoms with E-state index in [2.05, 4.69) is 231 Å². The monoisotopic (exact) mass is 792 g/mol. The van der Waals surface area contributed by atoms with Gasteiger partial charge < -0.3 is 9.13 Å². The van der Waals surface area contributed by atoms with Gasteiger partial charge >= 0.3 is 0 Å². The van der Waals surface area contributed by atoms with Crippen LogP contribution in [0.15, 0.2) is 194 Å². The normalized spacial score (nSPS) is 14.4. The van der Waals surface area contributed by atoms with E-state index in [1.807, 2.05) is 0 Å². The van der Waals surface area contributed by atoms with E-state index in [1.165, 1.54) is 116 Å². The number of para-hydroxylation sites is 3. The number of aromatic nitrogens is 2. The molecular weight excluding hydrogens is 749 g/mol. The fraction of sp³-hybridized carbons (Fsp3) is 0.100. The highest BCUT2D eigenvalue weighted by Crippen LogP contribution is 2.57. The zero-order valence-corrected chi connectivity index (χ0v) is 35.4. The zero-order valence-electron chi connectivity index (χ0n) is 35.4. The minimum Gasteiger partial charge on any atom is -0.309 e. The maximum atomic E-state index is 2.53. The molecule has 0 amide bonds. The Balaban J connectivity index is 0.912. The van der Waals surface area contributed by atoms with Gasteiger partial charge in [0.15, 0.2) is 0 Å². The maximum absolute atomic E-state index is 2.53. The minimum absolute atomic E-state index is 0.0502. The summed E-state index contributed by atoms with van der Waals surface area (Å²) in [7, 11) is 0. The van der Waals surface area contributed by atoms with Gasteiger partial charge in [0.25, 0.3) is 0 Å². The topological polar surface area (TPSA) is 9.86 Å². The number of rotatable bonds is 4. The zero-order chi connectivity index (χ0) is 41.5. The predicted octanol–water partition coefficient (Wildman–Crippen LogP) is 15.8. The molecule has 0 aliphatic heterocycles. The summed E-state index contributed by atoms with van der Waals surface area (Å²) in [6, 6.07) is 72.5. The fourth-order valence-electron chi connectivity index (χ4n) is 11.4. The first-order valence-electron chi connectivity index (χ1n) is 21.9. The molecule has 2 aliphatic carbocycles. The second-order valence-electron chi connectivity index (χ2n) is 18.5. The Morgan fingerprint density at radius 2 is 0.758 bits per heavy atom. The summed E-state index contributed by atoms with van der Waals surface area (Å²) in [5.74, 6) is 0. The number of nitrogens with zero attached hydrogens (tertiary/aromatic N) is 2. The summed E-state index contributed by atoms with van der Waals surface area (Å²) >= 11 is 0. The quantitative estimate of drug-likeness (QED) is 0.168. The molecule has 2 aliphatic rings. The number of fused-ring (bicyclic) bond motifs is 12. The van der Waals surface area contributed by atoms with Crippen LogP contribution in [-0.2, 0) is 10.8 Å². The standard InChI is InChI=1S/C60H44N2/c1-59(2)50-21-11-8-17-43(50)46-35-53-49(36-52(46)59)58-42(20-14-22-51(58)60(53,3)4)37-25-29-41(30-26-37)62-55-24-13-10-19-45(55)48-34-39(28-32-57(48)62)38-27-31-56-47(33-38)44-18-9-12-23-54(44)61(56)40-15-6-5-7-16-40/h5-36H,1-4H3. The van der Waals surface area contributed by atoms with Crippen molar-refractivity contribution in [2.45, 2.75) is 38.5 Å². The molecule has 0 fully saturated rings. The molecule has 0 atom stereocenters. The lowest BCUT2D eigenvalue weighted by Crippen LogP contribution is -2.16. The van der Waals surface area contributed by atoms with Crippen LogP contribution in [0.5, 0.6) is 0 Å². The second kappa shape index (κ2) is 12.6. The second-order valence-corrected chi connectivity index (χ2v) is 18.5. The van der Waals surface area contributed by atoms with Crippen molar-refractivity contribution in [2.75, 3.05) is 0 Å². The molecule has 2 heteroatoms. The van der Waals surface area contributed by atoms with Crippen molar-refractivity contribution >= 4 is 43.6 Å². The molecular formula is C60H44N2. The Morgan fingerprint density at radius 3 is 1.42 bits per heavy atom. The van der Waals surface area contributed by atoms with Gasteiger partial charge in [0.2, 0.25) is 0 Å². The van der Waals surface area contributed by atoms with Gasteiger partial charge in [-0.15, -0.1) is 0 Å². The van der Waals surface area contributed by atoms with Gasteiger partial charge in [-0.25, -0.2) is 0 Å². The van der Waals surface area contributed by atoms with Crippen LogP contribution in [0, 0.1) is 0 Å². The number of benzene rings is 9. The molecule has 0 spiro atoms. The van der Waals surface area contributed by atoms with Crippen LogP contribution < -0.4 is 0 Å². The van der Waals surface area contributed by atoms with Crippen LogP contribution in [0.4, 0.5) is 0 Å². The lowest BCUT2D eigenvalue weighted by atomic mass is 9.79. The molecule has 11 aromatic rings. The molecule has 2 heterocycles. The first-order chi connectivity index (χ1) is 30.3. The fourth-order valence-corrected chi connectivity index (χ4v) is 11.4. The Hall–Kier alpha value is -7.42. The Kier molecular flexibility index (Phi) is 7.16. The van der Waals surface area contributed by atoms with Crippen molar-refractivity contribution < 1.29 is 0 Å². The first kappa shape index (κ1) is 35.3. The van der Waals surface area contributed by atoms with Gasteiger partial charge in [0.1, 0.15) is 0 Å². The SMILES string of the molecule is CC1(C)c2ccccc2-c2cc3c(cc21)-c1c(-c2ccc(-n4c5ccccc5c5cc(-c6ccc7c(c6)c6ccccc6n7-c6ccccc6)ccc54)cc2)cccc1C3(C)C. The van der Waals surface area contributed by atoms with Gasteiger partial charge in [-0.05, 0) is 140 Å². The molecule has 13 rings (SSSR count). The molecule has 62 heavy (non-hydrogen) atoms. The lowest BCUT2D eigenvalue weighted by molar-refractivity contribution is 0.652. The molecule has 2 aromatic heterocycles. The van der Waals surface area contributed by atoms with Crippen LogP contribution in [0.2, 0.25) is 0 Å². The summed E-state index contributed by atoms with van der Waals surface area (Å²) in [6.07, 6.45) is 0. The Labute approximate surface area is 362 Å². The molecule has 0 radical (unpaired) electrons. The van der Waals surface area contributed by atoms with Crippen LogP contribution in [0.25, 0.3) is 99.5 Å². The predicted molar refractivity (Wildman–Crippen MR) is 261 cm³/mol. The minimum atomic E-state index is -0.105. The van der Waals surface area contributed by atoms with E-state index in [1.54, 1.807) is 0 Å². The highest BCUT2D eigenvalue weighted by Gasteiger charge is 2.42. The van der Waals surface area contributed by atoms with Crippen molar-refractivity contribution in [3.05, 3.63) is 216 Å².